The zero-order chi connectivity index (χ0) is 18.5. The van der Waals surface area contributed by atoms with Gasteiger partial charge in [0.15, 0.2) is 0 Å². The summed E-state index contributed by atoms with van der Waals surface area (Å²) >= 11 is 3.47. The lowest BCUT2D eigenvalue weighted by molar-refractivity contribution is 0.317. The van der Waals surface area contributed by atoms with E-state index in [0.717, 1.165) is 39.0 Å². The maximum atomic E-state index is 9.53. The second kappa shape index (κ2) is 8.03. The zero-order valence-corrected chi connectivity index (χ0v) is 16.0. The monoisotopic (exact) mass is 407 g/mol. The number of halogens is 1. The summed E-state index contributed by atoms with van der Waals surface area (Å²) in [5.74, 6) is 1.04. The number of benzene rings is 2. The molecule has 3 rings (SSSR count). The normalized spacial score (nSPS) is 10.3. The first-order valence-electron chi connectivity index (χ1n) is 8.32. The maximum Gasteiger partial charge on any atom is 0.142 e. The number of ether oxygens (including phenoxy) is 1. The van der Waals surface area contributed by atoms with E-state index >= 15 is 0 Å². The Kier molecular flexibility index (Phi) is 5.55. The third-order valence-corrected chi connectivity index (χ3v) is 4.41. The largest absolute Gasteiger partial charge is 0.494 e. The van der Waals surface area contributed by atoms with Gasteiger partial charge in [-0.25, -0.2) is 4.98 Å². The fourth-order valence-electron chi connectivity index (χ4n) is 2.66. The zero-order valence-electron chi connectivity index (χ0n) is 14.4. The number of aromatic nitrogens is 1. The molecular formula is C21H18BrN3O. The van der Waals surface area contributed by atoms with Crippen molar-refractivity contribution in [2.24, 2.45) is 0 Å². The second-order valence-corrected chi connectivity index (χ2v) is 6.73. The Hall–Kier alpha value is -2.84. The highest BCUT2D eigenvalue weighted by molar-refractivity contribution is 9.10. The fraction of sp³-hybridized carbons (Fsp3) is 0.143. The van der Waals surface area contributed by atoms with Gasteiger partial charge in [0.05, 0.1) is 12.3 Å². The second-order valence-electron chi connectivity index (χ2n) is 5.81. The summed E-state index contributed by atoms with van der Waals surface area (Å²) in [7, 11) is 0. The maximum absolute atomic E-state index is 9.53. The minimum atomic E-state index is 0.228. The van der Waals surface area contributed by atoms with E-state index in [1.165, 1.54) is 0 Å². The number of rotatable bonds is 5. The van der Waals surface area contributed by atoms with Crippen LogP contribution in [-0.2, 0) is 0 Å². The minimum Gasteiger partial charge on any atom is -0.494 e. The van der Waals surface area contributed by atoms with Crippen molar-refractivity contribution in [2.45, 2.75) is 13.3 Å². The number of hydrogen-bond acceptors (Lipinski definition) is 4. The molecule has 1 aromatic heterocycles. The van der Waals surface area contributed by atoms with Crippen molar-refractivity contribution in [3.05, 3.63) is 64.6 Å². The van der Waals surface area contributed by atoms with E-state index < -0.39 is 0 Å². The van der Waals surface area contributed by atoms with Crippen LogP contribution >= 0.6 is 15.9 Å². The summed E-state index contributed by atoms with van der Waals surface area (Å²) in [6.07, 6.45) is 0.956. The molecule has 2 N–H and O–H groups in total. The lowest BCUT2D eigenvalue weighted by Gasteiger charge is -2.11. The van der Waals surface area contributed by atoms with Crippen LogP contribution in [0, 0.1) is 11.3 Å². The number of nitrogens with zero attached hydrogens (tertiary/aromatic N) is 2. The van der Waals surface area contributed by atoms with Crippen LogP contribution in [0.2, 0.25) is 0 Å². The van der Waals surface area contributed by atoms with Gasteiger partial charge in [-0.3, -0.25) is 0 Å². The van der Waals surface area contributed by atoms with Gasteiger partial charge >= 0.3 is 0 Å². The van der Waals surface area contributed by atoms with E-state index in [1.807, 2.05) is 54.6 Å². The van der Waals surface area contributed by atoms with E-state index in [9.17, 15) is 5.26 Å². The topological polar surface area (TPSA) is 71.9 Å². The number of pyridine rings is 1. The smallest absolute Gasteiger partial charge is 0.142 e. The van der Waals surface area contributed by atoms with Crippen LogP contribution < -0.4 is 10.5 Å². The number of anilines is 1. The molecule has 26 heavy (non-hydrogen) atoms. The molecule has 1 heterocycles. The lowest BCUT2D eigenvalue weighted by atomic mass is 9.98. The highest BCUT2D eigenvalue weighted by Gasteiger charge is 2.13. The first-order valence-corrected chi connectivity index (χ1v) is 9.11. The van der Waals surface area contributed by atoms with Gasteiger partial charge in [-0.05, 0) is 42.3 Å². The summed E-state index contributed by atoms with van der Waals surface area (Å²) in [6.45, 7) is 2.74. The third-order valence-electron chi connectivity index (χ3n) is 3.92. The van der Waals surface area contributed by atoms with Crippen molar-refractivity contribution in [3.8, 4) is 34.2 Å². The summed E-state index contributed by atoms with van der Waals surface area (Å²) in [4.78, 5) is 4.41. The molecule has 0 spiro atoms. The summed E-state index contributed by atoms with van der Waals surface area (Å²) < 4.78 is 6.58. The molecule has 3 aromatic rings. The fourth-order valence-corrected chi connectivity index (χ4v) is 3.06. The molecule has 0 aliphatic carbocycles. The molecule has 0 radical (unpaired) electrons. The van der Waals surface area contributed by atoms with Crippen LogP contribution in [0.5, 0.6) is 5.75 Å². The Balaban J connectivity index is 2.07. The highest BCUT2D eigenvalue weighted by atomic mass is 79.9. The van der Waals surface area contributed by atoms with E-state index in [-0.39, 0.29) is 5.82 Å². The Morgan fingerprint density at radius 3 is 2.54 bits per heavy atom. The number of nitrogens with two attached hydrogens (primary N) is 1. The molecule has 0 atom stereocenters. The third kappa shape index (κ3) is 3.87. The Labute approximate surface area is 161 Å². The van der Waals surface area contributed by atoms with Crippen LogP contribution in [0.3, 0.4) is 0 Å². The van der Waals surface area contributed by atoms with Crippen LogP contribution in [0.1, 0.15) is 18.9 Å². The average molecular weight is 408 g/mol. The number of nitrogen functional groups attached to an aromatic ring is 1. The molecule has 0 unspecified atom stereocenters. The van der Waals surface area contributed by atoms with Gasteiger partial charge < -0.3 is 10.5 Å². The van der Waals surface area contributed by atoms with Gasteiger partial charge in [-0.2, -0.15) is 5.26 Å². The van der Waals surface area contributed by atoms with E-state index in [1.54, 1.807) is 0 Å². The molecule has 0 aliphatic heterocycles. The quantitative estimate of drug-likeness (QED) is 0.612. The molecule has 2 aromatic carbocycles. The van der Waals surface area contributed by atoms with E-state index in [4.69, 9.17) is 10.5 Å². The summed E-state index contributed by atoms with van der Waals surface area (Å²) in [6, 6.07) is 19.6. The van der Waals surface area contributed by atoms with Crippen molar-refractivity contribution < 1.29 is 4.74 Å². The Bertz CT molecular complexity index is 962. The highest BCUT2D eigenvalue weighted by Crippen LogP contribution is 2.32. The lowest BCUT2D eigenvalue weighted by Crippen LogP contribution is -2.00. The number of nitriles is 1. The predicted octanol–water partition coefficient (Wildman–Crippen LogP) is 5.42. The molecule has 0 saturated carbocycles. The standard InChI is InChI=1S/C21H18BrN3O/c1-2-10-26-17-8-6-14(7-9-17)18-12-20(25-21(24)19(18)13-23)15-4-3-5-16(22)11-15/h3-9,11-12H,2,10H2,1H3,(H2,24,25). The van der Waals surface area contributed by atoms with Crippen molar-refractivity contribution in [1.82, 2.24) is 4.98 Å². The van der Waals surface area contributed by atoms with Gasteiger partial charge in [0.2, 0.25) is 0 Å². The SMILES string of the molecule is CCCOc1ccc(-c2cc(-c3cccc(Br)c3)nc(N)c2C#N)cc1. The average Bonchev–Trinajstić information content (AvgIpc) is 2.66. The first-order chi connectivity index (χ1) is 12.6. The van der Waals surface area contributed by atoms with Crippen molar-refractivity contribution in [3.63, 3.8) is 0 Å². The Morgan fingerprint density at radius 2 is 1.88 bits per heavy atom. The Morgan fingerprint density at radius 1 is 1.12 bits per heavy atom. The molecule has 4 nitrogen and oxygen atoms in total. The summed E-state index contributed by atoms with van der Waals surface area (Å²) in [5, 5.41) is 9.53. The molecule has 0 fully saturated rings. The van der Waals surface area contributed by atoms with E-state index in [2.05, 4.69) is 33.9 Å². The van der Waals surface area contributed by atoms with Crippen LogP contribution in [-0.4, -0.2) is 11.6 Å². The van der Waals surface area contributed by atoms with Crippen LogP contribution in [0.25, 0.3) is 22.4 Å². The van der Waals surface area contributed by atoms with E-state index in [0.29, 0.717) is 12.2 Å². The van der Waals surface area contributed by atoms with Crippen LogP contribution in [0.4, 0.5) is 5.82 Å². The first kappa shape index (κ1) is 18.0. The van der Waals surface area contributed by atoms with Crippen molar-refractivity contribution in [1.29, 1.82) is 5.26 Å². The number of hydrogen-bond donors (Lipinski definition) is 1. The van der Waals surface area contributed by atoms with Gasteiger partial charge in [0.1, 0.15) is 23.2 Å². The van der Waals surface area contributed by atoms with Crippen molar-refractivity contribution >= 4 is 21.7 Å². The van der Waals surface area contributed by atoms with Gasteiger partial charge in [-0.1, -0.05) is 47.1 Å². The molecule has 5 heteroatoms. The molecule has 0 bridgehead atoms. The van der Waals surface area contributed by atoms with Crippen LogP contribution in [0.15, 0.2) is 59.1 Å². The van der Waals surface area contributed by atoms with Gasteiger partial charge in [0.25, 0.3) is 0 Å². The molecule has 0 aliphatic rings. The molecular weight excluding hydrogens is 390 g/mol. The van der Waals surface area contributed by atoms with Crippen molar-refractivity contribution in [2.75, 3.05) is 12.3 Å². The predicted molar refractivity (Wildman–Crippen MR) is 108 cm³/mol. The molecule has 0 saturated heterocycles. The van der Waals surface area contributed by atoms with Gasteiger partial charge in [-0.15, -0.1) is 0 Å². The van der Waals surface area contributed by atoms with Gasteiger partial charge in [0, 0.05) is 15.6 Å². The minimum absolute atomic E-state index is 0.228. The molecule has 0 amide bonds. The summed E-state index contributed by atoms with van der Waals surface area (Å²) in [5.41, 5.74) is 9.77. The molecule has 130 valence electrons.